The SMILES string of the molecule is Cc1ccc(Sc2ccc3c(c2)OCCO3)c(C(=N)N)c1. The minimum absolute atomic E-state index is 0.0822. The van der Waals surface area contributed by atoms with Crippen molar-refractivity contribution in [2.75, 3.05) is 13.2 Å². The average Bonchev–Trinajstić information content (AvgIpc) is 2.49. The Morgan fingerprint density at radius 2 is 1.86 bits per heavy atom. The summed E-state index contributed by atoms with van der Waals surface area (Å²) in [5.74, 6) is 1.63. The van der Waals surface area contributed by atoms with E-state index >= 15 is 0 Å². The van der Waals surface area contributed by atoms with E-state index in [0.29, 0.717) is 13.2 Å². The molecule has 2 aromatic rings. The van der Waals surface area contributed by atoms with Crippen LogP contribution in [0.4, 0.5) is 0 Å². The Bertz CT molecular complexity index is 701. The first-order chi connectivity index (χ1) is 10.1. The van der Waals surface area contributed by atoms with E-state index in [1.54, 1.807) is 11.8 Å². The van der Waals surface area contributed by atoms with Crippen molar-refractivity contribution in [2.24, 2.45) is 5.73 Å². The summed E-state index contributed by atoms with van der Waals surface area (Å²) in [5.41, 5.74) is 7.52. The molecule has 21 heavy (non-hydrogen) atoms. The predicted molar refractivity (Wildman–Crippen MR) is 83.8 cm³/mol. The van der Waals surface area contributed by atoms with Gasteiger partial charge in [-0.15, -0.1) is 0 Å². The monoisotopic (exact) mass is 300 g/mol. The summed E-state index contributed by atoms with van der Waals surface area (Å²) in [6, 6.07) is 11.8. The number of hydrogen-bond donors (Lipinski definition) is 2. The lowest BCUT2D eigenvalue weighted by Crippen LogP contribution is -2.15. The van der Waals surface area contributed by atoms with Gasteiger partial charge in [0.25, 0.3) is 0 Å². The predicted octanol–water partition coefficient (Wildman–Crippen LogP) is 3.20. The van der Waals surface area contributed by atoms with Crippen molar-refractivity contribution in [1.82, 2.24) is 0 Å². The van der Waals surface area contributed by atoms with Crippen LogP contribution >= 0.6 is 11.8 Å². The molecule has 0 atom stereocenters. The fourth-order valence-electron chi connectivity index (χ4n) is 2.16. The van der Waals surface area contributed by atoms with Gasteiger partial charge in [-0.3, -0.25) is 5.41 Å². The number of rotatable bonds is 3. The minimum Gasteiger partial charge on any atom is -0.486 e. The first-order valence-electron chi connectivity index (χ1n) is 6.66. The average molecular weight is 300 g/mol. The van der Waals surface area contributed by atoms with E-state index < -0.39 is 0 Å². The van der Waals surface area contributed by atoms with E-state index in [1.807, 2.05) is 43.3 Å². The second-order valence-electron chi connectivity index (χ2n) is 4.82. The Morgan fingerprint density at radius 1 is 1.10 bits per heavy atom. The second-order valence-corrected chi connectivity index (χ2v) is 5.94. The number of nitrogen functional groups attached to an aromatic ring is 1. The number of hydrogen-bond acceptors (Lipinski definition) is 4. The van der Waals surface area contributed by atoms with Gasteiger partial charge < -0.3 is 15.2 Å². The van der Waals surface area contributed by atoms with Crippen molar-refractivity contribution < 1.29 is 9.47 Å². The number of amidine groups is 1. The minimum atomic E-state index is 0.0822. The van der Waals surface area contributed by atoms with Crippen molar-refractivity contribution in [3.63, 3.8) is 0 Å². The Hall–Kier alpha value is -2.14. The second kappa shape index (κ2) is 5.69. The largest absolute Gasteiger partial charge is 0.486 e. The summed E-state index contributed by atoms with van der Waals surface area (Å²) in [5, 5.41) is 7.71. The molecule has 5 heteroatoms. The molecule has 0 unspecified atom stereocenters. The summed E-state index contributed by atoms with van der Waals surface area (Å²) in [4.78, 5) is 2.00. The molecule has 0 saturated heterocycles. The van der Waals surface area contributed by atoms with E-state index in [9.17, 15) is 0 Å². The molecule has 1 aliphatic heterocycles. The summed E-state index contributed by atoms with van der Waals surface area (Å²) < 4.78 is 11.1. The highest BCUT2D eigenvalue weighted by Gasteiger charge is 2.13. The first-order valence-corrected chi connectivity index (χ1v) is 7.48. The van der Waals surface area contributed by atoms with Crippen LogP contribution in [-0.4, -0.2) is 19.0 Å². The number of fused-ring (bicyclic) bond motifs is 1. The Balaban J connectivity index is 1.92. The summed E-state index contributed by atoms with van der Waals surface area (Å²) >= 11 is 1.57. The molecule has 3 rings (SSSR count). The molecule has 0 aromatic heterocycles. The van der Waals surface area contributed by atoms with Gasteiger partial charge in [-0.2, -0.15) is 0 Å². The fourth-order valence-corrected chi connectivity index (χ4v) is 3.13. The van der Waals surface area contributed by atoms with Gasteiger partial charge in [-0.05, 0) is 37.3 Å². The maximum atomic E-state index is 7.71. The highest BCUT2D eigenvalue weighted by Crippen LogP contribution is 2.37. The van der Waals surface area contributed by atoms with E-state index in [0.717, 1.165) is 32.4 Å². The van der Waals surface area contributed by atoms with E-state index in [4.69, 9.17) is 20.6 Å². The molecule has 2 aromatic carbocycles. The van der Waals surface area contributed by atoms with Crippen LogP contribution in [0.1, 0.15) is 11.1 Å². The van der Waals surface area contributed by atoms with Gasteiger partial charge in [-0.1, -0.05) is 23.4 Å². The summed E-state index contributed by atoms with van der Waals surface area (Å²) in [6.07, 6.45) is 0. The van der Waals surface area contributed by atoms with Gasteiger partial charge in [0.05, 0.1) is 0 Å². The molecular formula is C16H16N2O2S. The molecule has 0 fully saturated rings. The van der Waals surface area contributed by atoms with Crippen LogP contribution in [0.25, 0.3) is 0 Å². The molecule has 0 amide bonds. The lowest BCUT2D eigenvalue weighted by molar-refractivity contribution is 0.171. The third-order valence-electron chi connectivity index (χ3n) is 3.17. The number of aryl methyl sites for hydroxylation is 1. The van der Waals surface area contributed by atoms with Gasteiger partial charge in [0.15, 0.2) is 11.5 Å². The van der Waals surface area contributed by atoms with E-state index in [-0.39, 0.29) is 5.84 Å². The third kappa shape index (κ3) is 2.97. The Morgan fingerprint density at radius 3 is 2.62 bits per heavy atom. The normalized spacial score (nSPS) is 13.0. The molecule has 1 aliphatic rings. The number of benzene rings is 2. The quantitative estimate of drug-likeness (QED) is 0.674. The molecule has 0 radical (unpaired) electrons. The van der Waals surface area contributed by atoms with Crippen molar-refractivity contribution >= 4 is 17.6 Å². The van der Waals surface area contributed by atoms with Crippen LogP contribution in [0, 0.1) is 12.3 Å². The zero-order valence-electron chi connectivity index (χ0n) is 11.7. The van der Waals surface area contributed by atoms with Crippen molar-refractivity contribution in [2.45, 2.75) is 16.7 Å². The van der Waals surface area contributed by atoms with Crippen LogP contribution in [0.3, 0.4) is 0 Å². The van der Waals surface area contributed by atoms with Crippen molar-refractivity contribution in [3.05, 3.63) is 47.5 Å². The first kappa shape index (κ1) is 13.8. The van der Waals surface area contributed by atoms with E-state index in [1.165, 1.54) is 0 Å². The maximum absolute atomic E-state index is 7.71. The van der Waals surface area contributed by atoms with Gasteiger partial charge in [0.2, 0.25) is 0 Å². The summed E-state index contributed by atoms with van der Waals surface area (Å²) in [6.45, 7) is 3.15. The lowest BCUT2D eigenvalue weighted by Gasteiger charge is -2.19. The third-order valence-corrected chi connectivity index (χ3v) is 4.23. The molecule has 1 heterocycles. The van der Waals surface area contributed by atoms with Gasteiger partial charge in [0.1, 0.15) is 19.0 Å². The van der Waals surface area contributed by atoms with Gasteiger partial charge in [-0.25, -0.2) is 0 Å². The van der Waals surface area contributed by atoms with Crippen LogP contribution in [0.15, 0.2) is 46.2 Å². The highest BCUT2D eigenvalue weighted by atomic mass is 32.2. The van der Waals surface area contributed by atoms with Gasteiger partial charge >= 0.3 is 0 Å². The number of nitrogens with one attached hydrogen (secondary N) is 1. The molecule has 0 saturated carbocycles. The molecular weight excluding hydrogens is 284 g/mol. The standard InChI is InChI=1S/C16H16N2O2S/c1-10-2-5-15(12(8-10)16(17)18)21-11-3-4-13-14(9-11)20-7-6-19-13/h2-5,8-9H,6-7H2,1H3,(H3,17,18). The number of nitrogens with two attached hydrogens (primary N) is 1. The topological polar surface area (TPSA) is 68.3 Å². The molecule has 0 bridgehead atoms. The molecule has 3 N–H and O–H groups in total. The van der Waals surface area contributed by atoms with Crippen molar-refractivity contribution in [1.29, 1.82) is 5.41 Å². The summed E-state index contributed by atoms with van der Waals surface area (Å²) in [7, 11) is 0. The number of ether oxygens (including phenoxy) is 2. The fraction of sp³-hybridized carbons (Fsp3) is 0.188. The molecule has 0 aliphatic carbocycles. The molecule has 0 spiro atoms. The zero-order valence-corrected chi connectivity index (χ0v) is 12.5. The van der Waals surface area contributed by atoms with Gasteiger partial charge in [0, 0.05) is 15.4 Å². The van der Waals surface area contributed by atoms with Crippen LogP contribution < -0.4 is 15.2 Å². The van der Waals surface area contributed by atoms with Crippen LogP contribution in [0.2, 0.25) is 0 Å². The highest BCUT2D eigenvalue weighted by molar-refractivity contribution is 7.99. The van der Waals surface area contributed by atoms with Crippen LogP contribution in [-0.2, 0) is 0 Å². The Kier molecular flexibility index (Phi) is 3.75. The lowest BCUT2D eigenvalue weighted by atomic mass is 10.1. The van der Waals surface area contributed by atoms with Crippen molar-refractivity contribution in [3.8, 4) is 11.5 Å². The maximum Gasteiger partial charge on any atom is 0.162 e. The molecule has 4 nitrogen and oxygen atoms in total. The van der Waals surface area contributed by atoms with E-state index in [2.05, 4.69) is 0 Å². The smallest absolute Gasteiger partial charge is 0.162 e. The molecule has 108 valence electrons. The van der Waals surface area contributed by atoms with Crippen LogP contribution in [0.5, 0.6) is 11.5 Å². The zero-order chi connectivity index (χ0) is 14.8. The Labute approximate surface area is 127 Å².